The molecule has 3 amide bonds. The fourth-order valence-corrected chi connectivity index (χ4v) is 2.52. The number of nitrogens with one attached hydrogen (secondary N) is 1. The Balaban J connectivity index is 1.96. The number of rotatable bonds is 5. The van der Waals surface area contributed by atoms with Crippen LogP contribution in [0, 0.1) is 5.92 Å². The fourth-order valence-electron chi connectivity index (χ4n) is 2.52. The van der Waals surface area contributed by atoms with Crippen molar-refractivity contribution in [3.05, 3.63) is 35.9 Å². The molecule has 0 bridgehead atoms. The predicted molar refractivity (Wildman–Crippen MR) is 75.9 cm³/mol. The van der Waals surface area contributed by atoms with Crippen LogP contribution in [-0.4, -0.2) is 36.5 Å². The van der Waals surface area contributed by atoms with Crippen molar-refractivity contribution in [3.8, 4) is 0 Å². The Bertz CT molecular complexity index is 473. The molecule has 0 unspecified atom stereocenters. The molecule has 0 aromatic heterocycles. The van der Waals surface area contributed by atoms with Gasteiger partial charge in [-0.15, -0.1) is 0 Å². The summed E-state index contributed by atoms with van der Waals surface area (Å²) in [5, 5.41) is 4.67. The summed E-state index contributed by atoms with van der Waals surface area (Å²) in [6, 6.07) is 10.1. The SMILES string of the molecule is CC(C)[C@H]([NH2+]CC(=O)N1CCNC1=O)c1ccccc1. The Labute approximate surface area is 119 Å². The molecule has 5 heteroatoms. The summed E-state index contributed by atoms with van der Waals surface area (Å²) in [4.78, 5) is 24.8. The molecule has 3 N–H and O–H groups in total. The van der Waals surface area contributed by atoms with E-state index in [-0.39, 0.29) is 18.0 Å². The van der Waals surface area contributed by atoms with Gasteiger partial charge in [0, 0.05) is 24.6 Å². The zero-order valence-electron chi connectivity index (χ0n) is 12.0. The molecule has 1 saturated heterocycles. The third-order valence-corrected chi connectivity index (χ3v) is 3.61. The van der Waals surface area contributed by atoms with Gasteiger partial charge >= 0.3 is 6.03 Å². The molecule has 0 saturated carbocycles. The van der Waals surface area contributed by atoms with Crippen LogP contribution < -0.4 is 10.6 Å². The van der Waals surface area contributed by atoms with E-state index in [2.05, 4.69) is 31.3 Å². The summed E-state index contributed by atoms with van der Waals surface area (Å²) in [6.45, 7) is 5.60. The Morgan fingerprint density at radius 3 is 2.60 bits per heavy atom. The number of hydrogen-bond acceptors (Lipinski definition) is 2. The highest BCUT2D eigenvalue weighted by molar-refractivity contribution is 5.96. The van der Waals surface area contributed by atoms with E-state index < -0.39 is 0 Å². The van der Waals surface area contributed by atoms with Gasteiger partial charge in [-0.25, -0.2) is 4.79 Å². The second-order valence-electron chi connectivity index (χ2n) is 5.40. The average Bonchev–Trinajstić information content (AvgIpc) is 2.86. The summed E-state index contributed by atoms with van der Waals surface area (Å²) in [6.07, 6.45) is 0. The molecule has 1 atom stereocenters. The lowest BCUT2D eigenvalue weighted by molar-refractivity contribution is -0.692. The number of nitrogens with zero attached hydrogens (tertiary/aromatic N) is 1. The van der Waals surface area contributed by atoms with E-state index >= 15 is 0 Å². The minimum Gasteiger partial charge on any atom is -0.336 e. The monoisotopic (exact) mass is 276 g/mol. The van der Waals surface area contributed by atoms with Crippen LogP contribution in [0.15, 0.2) is 30.3 Å². The second-order valence-corrected chi connectivity index (χ2v) is 5.40. The second kappa shape index (κ2) is 6.52. The normalized spacial score (nSPS) is 16.4. The lowest BCUT2D eigenvalue weighted by atomic mass is 9.96. The first-order chi connectivity index (χ1) is 9.59. The third-order valence-electron chi connectivity index (χ3n) is 3.61. The van der Waals surface area contributed by atoms with Crippen LogP contribution in [0.3, 0.4) is 0 Å². The maximum Gasteiger partial charge on any atom is 0.324 e. The van der Waals surface area contributed by atoms with E-state index in [0.29, 0.717) is 25.6 Å². The van der Waals surface area contributed by atoms with E-state index in [9.17, 15) is 9.59 Å². The molecule has 1 heterocycles. The number of nitrogens with two attached hydrogens (primary N) is 1. The minimum atomic E-state index is -0.274. The molecule has 0 radical (unpaired) electrons. The van der Waals surface area contributed by atoms with Crippen LogP contribution in [0.2, 0.25) is 0 Å². The van der Waals surface area contributed by atoms with Crippen molar-refractivity contribution in [3.63, 3.8) is 0 Å². The summed E-state index contributed by atoms with van der Waals surface area (Å²) >= 11 is 0. The molecule has 0 aliphatic carbocycles. The number of hydrogen-bond donors (Lipinski definition) is 2. The predicted octanol–water partition coefficient (Wildman–Crippen LogP) is 0.499. The summed E-state index contributed by atoms with van der Waals surface area (Å²) in [7, 11) is 0. The van der Waals surface area contributed by atoms with Gasteiger partial charge in [-0.3, -0.25) is 9.69 Å². The minimum absolute atomic E-state index is 0.124. The molecule has 1 aromatic rings. The highest BCUT2D eigenvalue weighted by atomic mass is 16.2. The number of carbonyl (C=O) groups excluding carboxylic acids is 2. The molecule has 1 aliphatic rings. The highest BCUT2D eigenvalue weighted by Gasteiger charge is 2.28. The summed E-state index contributed by atoms with van der Waals surface area (Å²) in [5.41, 5.74) is 1.21. The lowest BCUT2D eigenvalue weighted by Crippen LogP contribution is -2.88. The van der Waals surface area contributed by atoms with Gasteiger partial charge in [0.15, 0.2) is 6.54 Å². The molecule has 5 nitrogen and oxygen atoms in total. The van der Waals surface area contributed by atoms with Crippen LogP contribution in [-0.2, 0) is 4.79 Å². The van der Waals surface area contributed by atoms with Crippen molar-refractivity contribution in [2.45, 2.75) is 19.9 Å². The number of urea groups is 1. The topological polar surface area (TPSA) is 66.0 Å². The Hall–Kier alpha value is -1.88. The Morgan fingerprint density at radius 2 is 2.05 bits per heavy atom. The smallest absolute Gasteiger partial charge is 0.324 e. The first kappa shape index (κ1) is 14.5. The lowest BCUT2D eigenvalue weighted by Gasteiger charge is -2.20. The summed E-state index contributed by atoms with van der Waals surface area (Å²) < 4.78 is 0. The first-order valence-corrected chi connectivity index (χ1v) is 7.06. The standard InChI is InChI=1S/C15H21N3O2/c1-11(2)14(12-6-4-3-5-7-12)17-10-13(19)18-9-8-16-15(18)20/h3-7,11,14,17H,8-10H2,1-2H3,(H,16,20)/p+1/t14-/m0/s1. The molecular weight excluding hydrogens is 254 g/mol. The van der Waals surface area contributed by atoms with E-state index in [4.69, 9.17) is 0 Å². The molecule has 1 aromatic carbocycles. The molecule has 20 heavy (non-hydrogen) atoms. The summed E-state index contributed by atoms with van der Waals surface area (Å²) in [5.74, 6) is 0.291. The molecule has 1 fully saturated rings. The van der Waals surface area contributed by atoms with Gasteiger partial charge in [0.2, 0.25) is 0 Å². The van der Waals surface area contributed by atoms with Crippen LogP contribution in [0.25, 0.3) is 0 Å². The molecular formula is C15H22N3O2+. The highest BCUT2D eigenvalue weighted by Crippen LogP contribution is 2.16. The van der Waals surface area contributed by atoms with Gasteiger partial charge in [-0.05, 0) is 0 Å². The van der Waals surface area contributed by atoms with Crippen molar-refractivity contribution < 1.29 is 14.9 Å². The average molecular weight is 276 g/mol. The van der Waals surface area contributed by atoms with Gasteiger partial charge in [0.25, 0.3) is 5.91 Å². The van der Waals surface area contributed by atoms with Crippen molar-refractivity contribution in [1.82, 2.24) is 10.2 Å². The fraction of sp³-hybridized carbons (Fsp3) is 0.467. The largest absolute Gasteiger partial charge is 0.336 e. The Morgan fingerprint density at radius 1 is 1.35 bits per heavy atom. The van der Waals surface area contributed by atoms with E-state index in [1.165, 1.54) is 10.5 Å². The number of amides is 3. The van der Waals surface area contributed by atoms with Crippen molar-refractivity contribution >= 4 is 11.9 Å². The molecule has 1 aliphatic heterocycles. The van der Waals surface area contributed by atoms with Crippen molar-refractivity contribution in [2.75, 3.05) is 19.6 Å². The van der Waals surface area contributed by atoms with Gasteiger partial charge in [0.1, 0.15) is 6.04 Å². The molecule has 0 spiro atoms. The third kappa shape index (κ3) is 3.36. The zero-order valence-corrected chi connectivity index (χ0v) is 12.0. The number of imide groups is 1. The van der Waals surface area contributed by atoms with Crippen LogP contribution in [0.4, 0.5) is 4.79 Å². The zero-order chi connectivity index (χ0) is 14.5. The maximum atomic E-state index is 12.0. The molecule has 108 valence electrons. The van der Waals surface area contributed by atoms with E-state index in [0.717, 1.165) is 0 Å². The number of carbonyl (C=O) groups is 2. The van der Waals surface area contributed by atoms with Crippen molar-refractivity contribution in [1.29, 1.82) is 0 Å². The van der Waals surface area contributed by atoms with Crippen LogP contribution >= 0.6 is 0 Å². The van der Waals surface area contributed by atoms with Gasteiger partial charge in [-0.2, -0.15) is 0 Å². The van der Waals surface area contributed by atoms with Crippen LogP contribution in [0.5, 0.6) is 0 Å². The maximum absolute atomic E-state index is 12.0. The van der Waals surface area contributed by atoms with Crippen molar-refractivity contribution in [2.24, 2.45) is 5.92 Å². The molecule has 2 rings (SSSR count). The number of quaternary nitrogens is 1. The van der Waals surface area contributed by atoms with E-state index in [1.54, 1.807) is 0 Å². The first-order valence-electron chi connectivity index (χ1n) is 7.06. The Kier molecular flexibility index (Phi) is 4.74. The van der Waals surface area contributed by atoms with E-state index in [1.807, 2.05) is 23.5 Å². The quantitative estimate of drug-likeness (QED) is 0.822. The van der Waals surface area contributed by atoms with Crippen LogP contribution in [0.1, 0.15) is 25.5 Å². The van der Waals surface area contributed by atoms with Gasteiger partial charge < -0.3 is 10.6 Å². The number of benzene rings is 1. The van der Waals surface area contributed by atoms with Gasteiger partial charge in [0.05, 0.1) is 0 Å². The van der Waals surface area contributed by atoms with Gasteiger partial charge in [-0.1, -0.05) is 44.2 Å².